The lowest BCUT2D eigenvalue weighted by atomic mass is 10.0. The number of carbonyl (C=O) groups excluding carboxylic acids is 1. The van der Waals surface area contributed by atoms with Gasteiger partial charge in [-0.2, -0.15) is 0 Å². The molecule has 0 N–H and O–H groups in total. The normalized spacial score (nSPS) is 18.3. The number of carbonyl (C=O) groups is 1. The maximum absolute atomic E-state index is 13.7. The zero-order chi connectivity index (χ0) is 18.1. The monoisotopic (exact) mass is 359 g/mol. The molecule has 1 spiro atoms. The first-order chi connectivity index (χ1) is 12.5. The Morgan fingerprint density at radius 2 is 1.88 bits per heavy atom. The van der Waals surface area contributed by atoms with Crippen molar-refractivity contribution in [2.24, 2.45) is 0 Å². The Bertz CT molecular complexity index is 832. The Kier molecular flexibility index (Phi) is 4.36. The minimum atomic E-state index is -0.713. The van der Waals surface area contributed by atoms with Crippen LogP contribution in [-0.4, -0.2) is 29.7 Å². The highest BCUT2D eigenvalue weighted by atomic mass is 19.1. The average Bonchev–Trinajstić information content (AvgIpc) is 2.65. The molecule has 1 amide bonds. The number of ether oxygens (including phenoxy) is 2. The van der Waals surface area contributed by atoms with Gasteiger partial charge in [0.15, 0.2) is 0 Å². The van der Waals surface area contributed by atoms with Crippen molar-refractivity contribution in [2.45, 2.75) is 31.7 Å². The SMILES string of the molecule is O=C(Cc1cc(F)ccc1F)N1CCC2(CC1)OCc1ccccc1O2. The molecular formula is C20H19F2NO3. The summed E-state index contributed by atoms with van der Waals surface area (Å²) in [4.78, 5) is 14.1. The van der Waals surface area contributed by atoms with E-state index in [9.17, 15) is 13.6 Å². The number of amides is 1. The van der Waals surface area contributed by atoms with Crippen LogP contribution in [0.4, 0.5) is 8.78 Å². The van der Waals surface area contributed by atoms with Crippen LogP contribution in [0.5, 0.6) is 5.75 Å². The van der Waals surface area contributed by atoms with Crippen molar-refractivity contribution in [2.75, 3.05) is 13.1 Å². The molecule has 2 aromatic carbocycles. The summed E-state index contributed by atoms with van der Waals surface area (Å²) >= 11 is 0. The molecule has 0 bridgehead atoms. The fourth-order valence-corrected chi connectivity index (χ4v) is 3.46. The molecule has 26 heavy (non-hydrogen) atoms. The van der Waals surface area contributed by atoms with Crippen molar-refractivity contribution >= 4 is 5.91 Å². The summed E-state index contributed by atoms with van der Waals surface area (Å²) in [6.07, 6.45) is 0.929. The van der Waals surface area contributed by atoms with E-state index in [-0.39, 0.29) is 17.9 Å². The van der Waals surface area contributed by atoms with E-state index in [2.05, 4.69) is 0 Å². The fourth-order valence-electron chi connectivity index (χ4n) is 3.46. The number of para-hydroxylation sites is 1. The summed E-state index contributed by atoms with van der Waals surface area (Å²) in [7, 11) is 0. The first-order valence-electron chi connectivity index (χ1n) is 8.67. The molecule has 0 aliphatic carbocycles. The summed E-state index contributed by atoms with van der Waals surface area (Å²) in [6.45, 7) is 1.40. The number of hydrogen-bond donors (Lipinski definition) is 0. The molecule has 0 unspecified atom stereocenters. The van der Waals surface area contributed by atoms with E-state index in [1.165, 1.54) is 0 Å². The van der Waals surface area contributed by atoms with Gasteiger partial charge < -0.3 is 14.4 Å². The zero-order valence-electron chi connectivity index (χ0n) is 14.2. The highest BCUT2D eigenvalue weighted by Gasteiger charge is 2.41. The van der Waals surface area contributed by atoms with Gasteiger partial charge in [-0.3, -0.25) is 4.79 Å². The van der Waals surface area contributed by atoms with E-state index in [0.29, 0.717) is 32.5 Å². The predicted octanol–water partition coefficient (Wildman–Crippen LogP) is 3.44. The molecule has 136 valence electrons. The van der Waals surface area contributed by atoms with E-state index in [4.69, 9.17) is 9.47 Å². The molecule has 1 saturated heterocycles. The molecular weight excluding hydrogens is 340 g/mol. The summed E-state index contributed by atoms with van der Waals surface area (Å²) in [5.74, 6) is -1.23. The van der Waals surface area contributed by atoms with Gasteiger partial charge >= 0.3 is 0 Å². The van der Waals surface area contributed by atoms with Crippen molar-refractivity contribution in [1.82, 2.24) is 4.90 Å². The maximum Gasteiger partial charge on any atom is 0.227 e. The van der Waals surface area contributed by atoms with Crippen molar-refractivity contribution < 1.29 is 23.0 Å². The van der Waals surface area contributed by atoms with Gasteiger partial charge in [0.2, 0.25) is 11.7 Å². The van der Waals surface area contributed by atoms with Gasteiger partial charge in [-0.25, -0.2) is 8.78 Å². The van der Waals surface area contributed by atoms with E-state index in [0.717, 1.165) is 29.5 Å². The molecule has 2 heterocycles. The van der Waals surface area contributed by atoms with Crippen LogP contribution >= 0.6 is 0 Å². The number of nitrogens with zero attached hydrogens (tertiary/aromatic N) is 1. The Morgan fingerprint density at radius 1 is 1.12 bits per heavy atom. The Balaban J connectivity index is 1.39. The number of hydrogen-bond acceptors (Lipinski definition) is 3. The molecule has 4 rings (SSSR count). The molecule has 2 aliphatic rings. The second-order valence-electron chi connectivity index (χ2n) is 6.70. The topological polar surface area (TPSA) is 38.8 Å². The smallest absolute Gasteiger partial charge is 0.227 e. The van der Waals surface area contributed by atoms with E-state index >= 15 is 0 Å². The maximum atomic E-state index is 13.7. The summed E-state index contributed by atoms with van der Waals surface area (Å²) in [6, 6.07) is 10.9. The molecule has 2 aliphatic heterocycles. The lowest BCUT2D eigenvalue weighted by Gasteiger charge is -2.44. The first kappa shape index (κ1) is 17.0. The molecule has 0 atom stereocenters. The third kappa shape index (κ3) is 3.29. The minimum absolute atomic E-state index is 0.0781. The van der Waals surface area contributed by atoms with Gasteiger partial charge in [-0.15, -0.1) is 0 Å². The van der Waals surface area contributed by atoms with Crippen LogP contribution in [0.1, 0.15) is 24.0 Å². The highest BCUT2D eigenvalue weighted by molar-refractivity contribution is 5.79. The second kappa shape index (κ2) is 6.68. The summed E-state index contributed by atoms with van der Waals surface area (Å²) < 4.78 is 39.0. The fraction of sp³-hybridized carbons (Fsp3) is 0.350. The molecule has 0 radical (unpaired) electrons. The largest absolute Gasteiger partial charge is 0.462 e. The lowest BCUT2D eigenvalue weighted by Crippen LogP contribution is -2.52. The van der Waals surface area contributed by atoms with E-state index in [1.54, 1.807) is 4.90 Å². The van der Waals surface area contributed by atoms with Crippen LogP contribution in [0.2, 0.25) is 0 Å². The van der Waals surface area contributed by atoms with Crippen LogP contribution < -0.4 is 4.74 Å². The molecule has 6 heteroatoms. The Labute approximate surface area is 150 Å². The number of rotatable bonds is 2. The van der Waals surface area contributed by atoms with Gasteiger partial charge in [0.1, 0.15) is 17.4 Å². The second-order valence-corrected chi connectivity index (χ2v) is 6.70. The molecule has 0 aromatic heterocycles. The number of likely N-dealkylation sites (tertiary alicyclic amines) is 1. The van der Waals surface area contributed by atoms with Crippen LogP contribution in [-0.2, 0) is 22.6 Å². The van der Waals surface area contributed by atoms with Crippen molar-refractivity contribution in [3.63, 3.8) is 0 Å². The molecule has 2 aromatic rings. The Hall–Kier alpha value is -2.47. The van der Waals surface area contributed by atoms with Crippen LogP contribution in [0.3, 0.4) is 0 Å². The van der Waals surface area contributed by atoms with E-state index < -0.39 is 17.4 Å². The number of piperidine rings is 1. The molecule has 0 saturated carbocycles. The highest BCUT2D eigenvalue weighted by Crippen LogP contribution is 2.37. The lowest BCUT2D eigenvalue weighted by molar-refractivity contribution is -0.227. The van der Waals surface area contributed by atoms with E-state index in [1.807, 2.05) is 24.3 Å². The predicted molar refractivity (Wildman–Crippen MR) is 90.5 cm³/mol. The molecule has 1 fully saturated rings. The number of halogens is 2. The number of fused-ring (bicyclic) bond motifs is 1. The van der Waals surface area contributed by atoms with Crippen LogP contribution in [0.25, 0.3) is 0 Å². The average molecular weight is 359 g/mol. The third-order valence-electron chi connectivity index (χ3n) is 4.99. The quantitative estimate of drug-likeness (QED) is 0.825. The zero-order valence-corrected chi connectivity index (χ0v) is 14.2. The Morgan fingerprint density at radius 3 is 2.69 bits per heavy atom. The van der Waals surface area contributed by atoms with Crippen LogP contribution in [0.15, 0.2) is 42.5 Å². The van der Waals surface area contributed by atoms with Gasteiger partial charge in [-0.05, 0) is 24.3 Å². The molecule has 4 nitrogen and oxygen atoms in total. The van der Waals surface area contributed by atoms with Crippen LogP contribution in [0, 0.1) is 11.6 Å². The first-order valence-corrected chi connectivity index (χ1v) is 8.67. The van der Waals surface area contributed by atoms with Gasteiger partial charge in [0.05, 0.1) is 13.0 Å². The van der Waals surface area contributed by atoms with Gasteiger partial charge in [-0.1, -0.05) is 18.2 Å². The van der Waals surface area contributed by atoms with Crippen molar-refractivity contribution in [3.8, 4) is 5.75 Å². The summed E-state index contributed by atoms with van der Waals surface area (Å²) in [5, 5.41) is 0. The van der Waals surface area contributed by atoms with Gasteiger partial charge in [0.25, 0.3) is 0 Å². The minimum Gasteiger partial charge on any atom is -0.462 e. The van der Waals surface area contributed by atoms with Crippen molar-refractivity contribution in [1.29, 1.82) is 0 Å². The van der Waals surface area contributed by atoms with Gasteiger partial charge in [0, 0.05) is 37.1 Å². The number of benzene rings is 2. The van der Waals surface area contributed by atoms with Crippen molar-refractivity contribution in [3.05, 3.63) is 65.2 Å². The third-order valence-corrected chi connectivity index (χ3v) is 4.99. The summed E-state index contributed by atoms with van der Waals surface area (Å²) in [5.41, 5.74) is 1.09. The standard InChI is InChI=1S/C20H19F2NO3/c21-16-5-6-17(22)15(11-16)12-19(24)23-9-7-20(8-10-23)25-13-14-3-1-2-4-18(14)26-20/h1-6,11H,7-10,12-13H2.